The van der Waals surface area contributed by atoms with Gasteiger partial charge in [-0.25, -0.2) is 0 Å². The molecule has 1 N–H and O–H groups in total. The largest absolute Gasteiger partial charge is 0.479 e. The van der Waals surface area contributed by atoms with Crippen LogP contribution in [0.15, 0.2) is 18.2 Å². The Hall–Kier alpha value is -2.37. The van der Waals surface area contributed by atoms with Crippen LogP contribution < -0.4 is 15.0 Å². The van der Waals surface area contributed by atoms with E-state index in [0.717, 1.165) is 0 Å². The minimum absolute atomic E-state index is 0.233. The molecule has 1 aromatic rings. The van der Waals surface area contributed by atoms with Gasteiger partial charge in [0.2, 0.25) is 6.29 Å². The van der Waals surface area contributed by atoms with E-state index in [1.165, 1.54) is 11.9 Å². The van der Waals surface area contributed by atoms with Gasteiger partial charge in [0.15, 0.2) is 6.10 Å². The van der Waals surface area contributed by atoms with Gasteiger partial charge in [-0.2, -0.15) is 0 Å². The molecule has 1 atom stereocenters. The number of carbonyl (C=O) groups is 3. The van der Waals surface area contributed by atoms with Gasteiger partial charge in [-0.05, 0) is 25.1 Å². The van der Waals surface area contributed by atoms with Crippen LogP contribution in [-0.2, 0) is 14.4 Å². The molecule has 0 saturated carbocycles. The number of carbonyl (C=O) groups excluding carboxylic acids is 3. The fraction of sp³-hybridized carbons (Fsp3) is 0.250. The van der Waals surface area contributed by atoms with Gasteiger partial charge in [-0.3, -0.25) is 14.4 Å². The molecule has 1 heterocycles. The monoisotopic (exact) mass is 248 g/mol. The highest BCUT2D eigenvalue weighted by atomic mass is 16.5. The number of benzene rings is 1. The normalized spacial score (nSPS) is 17.2. The zero-order chi connectivity index (χ0) is 13.3. The average Bonchev–Trinajstić information content (AvgIpc) is 2.37. The average molecular weight is 248 g/mol. The lowest BCUT2D eigenvalue weighted by Crippen LogP contribution is -2.34. The number of nitrogens with one attached hydrogen (secondary N) is 1. The molecule has 0 aromatic heterocycles. The van der Waals surface area contributed by atoms with E-state index in [9.17, 15) is 14.4 Å². The van der Waals surface area contributed by atoms with Crippen molar-refractivity contribution in [2.75, 3.05) is 17.3 Å². The number of ether oxygens (including phenoxy) is 1. The number of amides is 2. The van der Waals surface area contributed by atoms with E-state index in [1.54, 1.807) is 25.1 Å². The first kappa shape index (κ1) is 12.1. The van der Waals surface area contributed by atoms with E-state index in [4.69, 9.17) is 4.74 Å². The highest BCUT2D eigenvalue weighted by Gasteiger charge is 2.24. The minimum atomic E-state index is -0.661. The summed E-state index contributed by atoms with van der Waals surface area (Å²) in [5.74, 6) is -0.367. The Bertz CT molecular complexity index is 527. The number of fused-ring (bicyclic) bond motifs is 1. The number of hydrogen-bond donors (Lipinski definition) is 1. The van der Waals surface area contributed by atoms with E-state index in [2.05, 4.69) is 5.32 Å². The summed E-state index contributed by atoms with van der Waals surface area (Å²) in [6.07, 6.45) is -0.311. The molecule has 0 saturated heterocycles. The predicted octanol–water partition coefficient (Wildman–Crippen LogP) is 0.568. The number of rotatable bonds is 2. The Morgan fingerprint density at radius 1 is 1.50 bits per heavy atom. The maximum Gasteiger partial charge on any atom is 0.290 e. The standard InChI is InChI=1S/C12H12N2O4/c1-7-12(17)13-9-5-8(3-4-10(9)18-7)14(2)11(16)6-15/h3-7H,1-2H3,(H,13,17). The van der Waals surface area contributed by atoms with Crippen molar-refractivity contribution in [3.8, 4) is 5.75 Å². The summed E-state index contributed by atoms with van der Waals surface area (Å²) in [4.78, 5) is 34.3. The van der Waals surface area contributed by atoms with Gasteiger partial charge in [0, 0.05) is 12.7 Å². The second-order valence-electron chi connectivity index (χ2n) is 3.94. The number of likely N-dealkylation sites (N-methyl/N-ethyl adjacent to an activating group) is 1. The molecule has 0 fully saturated rings. The summed E-state index contributed by atoms with van der Waals surface area (Å²) in [5, 5.41) is 2.67. The molecule has 0 radical (unpaired) electrons. The molecule has 1 unspecified atom stereocenters. The van der Waals surface area contributed by atoms with Crippen LogP contribution >= 0.6 is 0 Å². The minimum Gasteiger partial charge on any atom is -0.479 e. The summed E-state index contributed by atoms with van der Waals surface area (Å²) in [6.45, 7) is 1.65. The van der Waals surface area contributed by atoms with Crippen molar-refractivity contribution in [2.24, 2.45) is 0 Å². The van der Waals surface area contributed by atoms with E-state index in [1.807, 2.05) is 0 Å². The van der Waals surface area contributed by atoms with E-state index < -0.39 is 12.0 Å². The molecule has 2 amide bonds. The number of anilines is 2. The topological polar surface area (TPSA) is 75.7 Å². The number of hydrogen-bond acceptors (Lipinski definition) is 4. The summed E-state index contributed by atoms with van der Waals surface area (Å²) in [6, 6.07) is 4.88. The van der Waals surface area contributed by atoms with Crippen molar-refractivity contribution < 1.29 is 19.1 Å². The van der Waals surface area contributed by atoms with Crippen molar-refractivity contribution in [1.82, 2.24) is 0 Å². The van der Waals surface area contributed by atoms with Crippen LogP contribution in [0.2, 0.25) is 0 Å². The molecule has 0 bridgehead atoms. The molecular weight excluding hydrogens is 236 g/mol. The molecule has 0 aliphatic carbocycles. The van der Waals surface area contributed by atoms with Gasteiger partial charge in [0.1, 0.15) is 5.75 Å². The summed E-state index contributed by atoms with van der Waals surface area (Å²) in [7, 11) is 1.48. The summed E-state index contributed by atoms with van der Waals surface area (Å²) in [5.41, 5.74) is 0.991. The van der Waals surface area contributed by atoms with Gasteiger partial charge in [-0.15, -0.1) is 0 Å². The molecule has 0 spiro atoms. The van der Waals surface area contributed by atoms with Crippen molar-refractivity contribution in [3.63, 3.8) is 0 Å². The van der Waals surface area contributed by atoms with E-state index in [0.29, 0.717) is 17.1 Å². The Labute approximate surface area is 104 Å². The van der Waals surface area contributed by atoms with Crippen LogP contribution in [0.5, 0.6) is 5.75 Å². The van der Waals surface area contributed by atoms with Crippen molar-refractivity contribution in [3.05, 3.63) is 18.2 Å². The SMILES string of the molecule is CC1Oc2ccc(N(C)C(=O)C=O)cc2NC1=O. The lowest BCUT2D eigenvalue weighted by molar-refractivity contribution is -0.129. The summed E-state index contributed by atoms with van der Waals surface area (Å²) < 4.78 is 5.38. The molecule has 6 heteroatoms. The molecule has 2 rings (SSSR count). The van der Waals surface area contributed by atoms with Crippen LogP contribution in [0.4, 0.5) is 11.4 Å². The molecule has 18 heavy (non-hydrogen) atoms. The highest BCUT2D eigenvalue weighted by Crippen LogP contribution is 2.33. The zero-order valence-corrected chi connectivity index (χ0v) is 9.97. The van der Waals surface area contributed by atoms with Gasteiger partial charge >= 0.3 is 0 Å². The Morgan fingerprint density at radius 3 is 2.89 bits per heavy atom. The first-order chi connectivity index (χ1) is 8.52. The van der Waals surface area contributed by atoms with Crippen LogP contribution in [0.1, 0.15) is 6.92 Å². The smallest absolute Gasteiger partial charge is 0.290 e. The predicted molar refractivity (Wildman–Crippen MR) is 64.6 cm³/mol. The highest BCUT2D eigenvalue weighted by molar-refractivity contribution is 6.30. The maximum atomic E-state index is 11.5. The maximum absolute atomic E-state index is 11.5. The lowest BCUT2D eigenvalue weighted by atomic mass is 10.2. The quantitative estimate of drug-likeness (QED) is 0.613. The molecule has 6 nitrogen and oxygen atoms in total. The fourth-order valence-corrected chi connectivity index (χ4v) is 1.61. The molecule has 94 valence electrons. The van der Waals surface area contributed by atoms with Gasteiger partial charge in [0.05, 0.1) is 5.69 Å². The number of nitrogens with zero attached hydrogens (tertiary/aromatic N) is 1. The molecule has 1 aromatic carbocycles. The first-order valence-electron chi connectivity index (χ1n) is 5.37. The van der Waals surface area contributed by atoms with Gasteiger partial charge in [-0.1, -0.05) is 0 Å². The zero-order valence-electron chi connectivity index (χ0n) is 9.97. The third-order valence-corrected chi connectivity index (χ3v) is 2.71. The van der Waals surface area contributed by atoms with E-state index >= 15 is 0 Å². The lowest BCUT2D eigenvalue weighted by Gasteiger charge is -2.24. The molecular formula is C12H12N2O4. The van der Waals surface area contributed by atoms with Crippen molar-refractivity contribution in [2.45, 2.75) is 13.0 Å². The van der Waals surface area contributed by atoms with Crippen molar-refractivity contribution in [1.29, 1.82) is 0 Å². The van der Waals surface area contributed by atoms with Gasteiger partial charge < -0.3 is 15.0 Å². The van der Waals surface area contributed by atoms with Gasteiger partial charge in [0.25, 0.3) is 11.8 Å². The van der Waals surface area contributed by atoms with E-state index in [-0.39, 0.29) is 12.2 Å². The molecule has 1 aliphatic heterocycles. The van der Waals surface area contributed by atoms with Crippen molar-refractivity contribution >= 4 is 29.5 Å². The van der Waals surface area contributed by atoms with Crippen LogP contribution in [0, 0.1) is 0 Å². The summed E-state index contributed by atoms with van der Waals surface area (Å²) >= 11 is 0. The molecule has 1 aliphatic rings. The van der Waals surface area contributed by atoms with Crippen LogP contribution in [0.3, 0.4) is 0 Å². The third kappa shape index (κ3) is 2.04. The second-order valence-corrected chi connectivity index (χ2v) is 3.94. The number of aldehydes is 1. The fourth-order valence-electron chi connectivity index (χ4n) is 1.61. The van der Waals surface area contributed by atoms with Crippen LogP contribution in [0.25, 0.3) is 0 Å². The Morgan fingerprint density at radius 2 is 2.22 bits per heavy atom. The Kier molecular flexibility index (Phi) is 3.01. The third-order valence-electron chi connectivity index (χ3n) is 2.71. The van der Waals surface area contributed by atoms with Crippen LogP contribution in [-0.4, -0.2) is 31.3 Å². The first-order valence-corrected chi connectivity index (χ1v) is 5.37. The Balaban J connectivity index is 2.33. The second kappa shape index (κ2) is 4.48.